The summed E-state index contributed by atoms with van der Waals surface area (Å²) in [5, 5.41) is 8.82. The maximum Gasteiger partial charge on any atom is 0.251 e. The zero-order valence-electron chi connectivity index (χ0n) is 24.0. The van der Waals surface area contributed by atoms with E-state index in [9.17, 15) is 14.4 Å². The molecule has 0 aliphatic carbocycles. The highest BCUT2D eigenvalue weighted by atomic mass is 16.2. The number of hydrogen-bond donors (Lipinski definition) is 5. The Labute approximate surface area is 222 Å². The van der Waals surface area contributed by atoms with Crippen molar-refractivity contribution in [1.29, 1.82) is 0 Å². The molecule has 0 aromatic heterocycles. The number of hydrogen-bond acceptors (Lipinski definition) is 5. The number of amides is 2. The van der Waals surface area contributed by atoms with Gasteiger partial charge in [0.05, 0.1) is 6.04 Å². The lowest BCUT2D eigenvalue weighted by Crippen LogP contribution is -2.51. The van der Waals surface area contributed by atoms with Crippen molar-refractivity contribution in [1.82, 2.24) is 16.0 Å². The summed E-state index contributed by atoms with van der Waals surface area (Å²) in [7, 11) is 1.84. The Hall–Kier alpha value is -2.94. The van der Waals surface area contributed by atoms with Crippen LogP contribution in [0.15, 0.2) is 23.2 Å². The van der Waals surface area contributed by atoms with Gasteiger partial charge in [0.2, 0.25) is 5.91 Å². The molecular formula is C28H48N6O3. The second-order valence-corrected chi connectivity index (χ2v) is 11.7. The number of nitrogens with two attached hydrogens (primary N) is 2. The van der Waals surface area contributed by atoms with Crippen molar-refractivity contribution in [2.75, 3.05) is 20.1 Å². The first-order valence-corrected chi connectivity index (χ1v) is 13.0. The van der Waals surface area contributed by atoms with Crippen molar-refractivity contribution in [2.24, 2.45) is 16.5 Å². The molecule has 9 heteroatoms. The second-order valence-electron chi connectivity index (χ2n) is 11.7. The average Bonchev–Trinajstić information content (AvgIpc) is 2.78. The lowest BCUT2D eigenvalue weighted by Gasteiger charge is -2.27. The molecule has 0 saturated carbocycles. The molecule has 1 aromatic carbocycles. The third-order valence-electron chi connectivity index (χ3n) is 6.22. The molecule has 0 heterocycles. The molecule has 0 bridgehead atoms. The molecule has 0 fully saturated rings. The molecule has 0 saturated heterocycles. The Morgan fingerprint density at radius 2 is 1.41 bits per heavy atom. The summed E-state index contributed by atoms with van der Waals surface area (Å²) in [6.45, 7) is 15.2. The number of aliphatic imine (C=N–C) groups is 1. The van der Waals surface area contributed by atoms with Crippen LogP contribution >= 0.6 is 0 Å². The Morgan fingerprint density at radius 1 is 0.865 bits per heavy atom. The van der Waals surface area contributed by atoms with Crippen LogP contribution in [0.25, 0.3) is 0 Å². The third-order valence-corrected chi connectivity index (χ3v) is 6.22. The Bertz CT molecular complexity index is 923. The Morgan fingerprint density at radius 3 is 1.86 bits per heavy atom. The van der Waals surface area contributed by atoms with Crippen LogP contribution in [0.1, 0.15) is 95.6 Å². The summed E-state index contributed by atoms with van der Waals surface area (Å²) in [6.07, 6.45) is 2.05. The van der Waals surface area contributed by atoms with Gasteiger partial charge < -0.3 is 27.4 Å². The number of nitrogens with zero attached hydrogens (tertiary/aromatic N) is 1. The van der Waals surface area contributed by atoms with E-state index < -0.39 is 12.1 Å². The van der Waals surface area contributed by atoms with Gasteiger partial charge in [-0.15, -0.1) is 0 Å². The van der Waals surface area contributed by atoms with E-state index in [-0.39, 0.29) is 34.4 Å². The molecule has 2 atom stereocenters. The van der Waals surface area contributed by atoms with Gasteiger partial charge >= 0.3 is 0 Å². The van der Waals surface area contributed by atoms with Gasteiger partial charge in [-0.25, -0.2) is 0 Å². The first kappa shape index (κ1) is 32.1. The molecule has 0 spiro atoms. The fraction of sp³-hybridized carbons (Fsp3) is 0.643. The van der Waals surface area contributed by atoms with Crippen molar-refractivity contribution in [3.8, 4) is 0 Å². The second kappa shape index (κ2) is 14.1. The van der Waals surface area contributed by atoms with E-state index in [1.165, 1.54) is 6.92 Å². The number of carbonyl (C=O) groups is 3. The summed E-state index contributed by atoms with van der Waals surface area (Å²) in [6, 6.07) is 4.48. The van der Waals surface area contributed by atoms with Gasteiger partial charge in [0, 0.05) is 12.1 Å². The van der Waals surface area contributed by atoms with Gasteiger partial charge in [0.1, 0.15) is 6.04 Å². The topological polar surface area (TPSA) is 152 Å². The quantitative estimate of drug-likeness (QED) is 0.154. The van der Waals surface area contributed by atoms with Crippen molar-refractivity contribution in [3.05, 3.63) is 34.9 Å². The lowest BCUT2D eigenvalue weighted by atomic mass is 9.79. The third kappa shape index (κ3) is 11.3. The van der Waals surface area contributed by atoms with E-state index in [0.29, 0.717) is 44.3 Å². The van der Waals surface area contributed by atoms with Crippen LogP contribution in [0, 0.1) is 0 Å². The van der Waals surface area contributed by atoms with E-state index >= 15 is 0 Å². The molecule has 9 nitrogen and oxygen atoms in total. The number of benzene rings is 1. The van der Waals surface area contributed by atoms with Crippen LogP contribution < -0.4 is 27.4 Å². The molecule has 0 radical (unpaired) electrons. The summed E-state index contributed by atoms with van der Waals surface area (Å²) in [5.41, 5.74) is 13.0. The summed E-state index contributed by atoms with van der Waals surface area (Å²) in [4.78, 5) is 42.8. The van der Waals surface area contributed by atoms with Crippen LogP contribution in [-0.4, -0.2) is 55.8 Å². The summed E-state index contributed by atoms with van der Waals surface area (Å²) in [5.74, 6) is -0.866. The fourth-order valence-electron chi connectivity index (χ4n) is 3.77. The highest BCUT2D eigenvalue weighted by molar-refractivity contribution is 5.98. The van der Waals surface area contributed by atoms with Crippen molar-refractivity contribution in [2.45, 2.75) is 97.1 Å². The van der Waals surface area contributed by atoms with Crippen LogP contribution in [0.2, 0.25) is 0 Å². The number of rotatable bonds is 13. The molecule has 208 valence electrons. The fourth-order valence-corrected chi connectivity index (χ4v) is 3.77. The molecule has 1 aromatic rings. The predicted molar refractivity (Wildman–Crippen MR) is 151 cm³/mol. The zero-order chi connectivity index (χ0) is 28.4. The van der Waals surface area contributed by atoms with Crippen LogP contribution in [0.4, 0.5) is 0 Å². The molecule has 0 aliphatic heterocycles. The lowest BCUT2D eigenvalue weighted by molar-refractivity contribution is -0.128. The molecule has 0 aliphatic rings. The van der Waals surface area contributed by atoms with E-state index in [2.05, 4.69) is 68.6 Å². The number of guanidine groups is 1. The maximum absolute atomic E-state index is 13.4. The molecule has 1 rings (SSSR count). The van der Waals surface area contributed by atoms with Crippen molar-refractivity contribution in [3.63, 3.8) is 0 Å². The smallest absolute Gasteiger partial charge is 0.251 e. The Balaban J connectivity index is 3.16. The SMILES string of the molecule is CNCCCC(NC(=O)c1cc(C(C)(C)C)cc(C(C)(C)C)c1)C(=O)NC(CCCN=C(N)N)C(C)=O. The van der Waals surface area contributed by atoms with Crippen molar-refractivity contribution >= 4 is 23.6 Å². The molecule has 2 unspecified atom stereocenters. The van der Waals surface area contributed by atoms with Gasteiger partial charge in [-0.05, 0) is 80.3 Å². The summed E-state index contributed by atoms with van der Waals surface area (Å²) < 4.78 is 0. The Kier molecular flexibility index (Phi) is 12.2. The van der Waals surface area contributed by atoms with Gasteiger partial charge in [-0.1, -0.05) is 47.6 Å². The maximum atomic E-state index is 13.4. The number of ketones is 1. The average molecular weight is 517 g/mol. The number of nitrogens with one attached hydrogen (secondary N) is 3. The minimum absolute atomic E-state index is 0.0131. The van der Waals surface area contributed by atoms with Gasteiger partial charge in [-0.2, -0.15) is 0 Å². The minimum Gasteiger partial charge on any atom is -0.370 e. The van der Waals surface area contributed by atoms with E-state index in [0.717, 1.165) is 11.1 Å². The predicted octanol–water partition coefficient (Wildman–Crippen LogP) is 2.51. The number of carbonyl (C=O) groups excluding carboxylic acids is 3. The summed E-state index contributed by atoms with van der Waals surface area (Å²) >= 11 is 0. The van der Waals surface area contributed by atoms with Crippen molar-refractivity contribution < 1.29 is 14.4 Å². The largest absolute Gasteiger partial charge is 0.370 e. The molecule has 37 heavy (non-hydrogen) atoms. The van der Waals surface area contributed by atoms with Crippen LogP contribution in [0.3, 0.4) is 0 Å². The van der Waals surface area contributed by atoms with Gasteiger partial charge in [0.25, 0.3) is 5.91 Å². The molecular weight excluding hydrogens is 468 g/mol. The molecule has 7 N–H and O–H groups in total. The van der Waals surface area contributed by atoms with Crippen LogP contribution in [-0.2, 0) is 20.4 Å². The van der Waals surface area contributed by atoms with Gasteiger partial charge in [-0.3, -0.25) is 19.4 Å². The first-order chi connectivity index (χ1) is 17.1. The number of Topliss-reactive ketones (excluding diaryl/α,β-unsaturated/α-hetero) is 1. The minimum atomic E-state index is -0.781. The highest BCUT2D eigenvalue weighted by Gasteiger charge is 2.27. The van der Waals surface area contributed by atoms with Gasteiger partial charge in [0.15, 0.2) is 11.7 Å². The van der Waals surface area contributed by atoms with E-state index in [1.807, 2.05) is 19.2 Å². The normalized spacial score (nSPS) is 13.4. The highest BCUT2D eigenvalue weighted by Crippen LogP contribution is 2.30. The zero-order valence-corrected chi connectivity index (χ0v) is 24.0. The standard InChI is InChI=1S/C28H48N6O3/c1-18(35)22(11-10-14-32-26(29)30)33-25(37)23(12-9-13-31-8)34-24(36)19-15-20(27(2,3)4)17-21(16-19)28(5,6)7/h15-17,22-23,31H,9-14H2,1-8H3,(H,33,37)(H,34,36)(H4,29,30,32). The van der Waals surface area contributed by atoms with E-state index in [4.69, 9.17) is 11.5 Å². The first-order valence-electron chi connectivity index (χ1n) is 13.0. The monoisotopic (exact) mass is 516 g/mol. The van der Waals surface area contributed by atoms with Crippen LogP contribution in [0.5, 0.6) is 0 Å². The van der Waals surface area contributed by atoms with E-state index in [1.54, 1.807) is 0 Å². The molecule has 2 amide bonds.